The van der Waals surface area contributed by atoms with Crippen LogP contribution in [0.25, 0.3) is 0 Å². The fraction of sp³-hybridized carbons (Fsp3) is 0.640. The van der Waals surface area contributed by atoms with E-state index in [-0.39, 0.29) is 31.0 Å². The highest BCUT2D eigenvalue weighted by Gasteiger charge is 2.77. The normalized spacial score (nSPS) is 31.5. The molecule has 0 saturated carbocycles. The van der Waals surface area contributed by atoms with E-state index in [1.54, 1.807) is 55.0 Å². The summed E-state index contributed by atoms with van der Waals surface area (Å²) in [5.41, 5.74) is 0.629. The predicted octanol–water partition coefficient (Wildman–Crippen LogP) is 2.84. The van der Waals surface area contributed by atoms with Crippen molar-refractivity contribution in [1.82, 2.24) is 4.90 Å². The number of unbranched alkanes of at least 4 members (excludes halogenated alkanes) is 2. The summed E-state index contributed by atoms with van der Waals surface area (Å²) in [6, 6.07) is 6.42. The number of esters is 1. The van der Waals surface area contributed by atoms with Gasteiger partial charge < -0.3 is 24.8 Å². The number of aliphatic hydroxyl groups is 1. The molecule has 34 heavy (non-hydrogen) atoms. The highest BCUT2D eigenvalue weighted by atomic mass is 32.2. The molecule has 0 radical (unpaired) electrons. The smallest absolute Gasteiger partial charge is 0.311 e. The molecule has 1 aromatic carbocycles. The summed E-state index contributed by atoms with van der Waals surface area (Å²) < 4.78 is 9.52. The van der Waals surface area contributed by atoms with Gasteiger partial charge in [0.05, 0.1) is 30.3 Å². The quantitative estimate of drug-likeness (QED) is 0.384. The maximum Gasteiger partial charge on any atom is 0.311 e. The lowest BCUT2D eigenvalue weighted by Crippen LogP contribution is -2.51. The van der Waals surface area contributed by atoms with E-state index in [9.17, 15) is 14.4 Å². The van der Waals surface area contributed by atoms with Gasteiger partial charge in [-0.1, -0.05) is 0 Å². The highest BCUT2D eigenvalue weighted by Crippen LogP contribution is 2.71. The van der Waals surface area contributed by atoms with Gasteiger partial charge in [0, 0.05) is 23.6 Å². The Labute approximate surface area is 204 Å². The molecule has 186 valence electrons. The van der Waals surface area contributed by atoms with Crippen LogP contribution in [0.1, 0.15) is 46.0 Å². The number of thioether (sulfide) groups is 1. The Bertz CT molecular complexity index is 940. The number of carbonyl (C=O) groups is 3. The molecule has 3 aliphatic rings. The van der Waals surface area contributed by atoms with Gasteiger partial charge in [0.2, 0.25) is 11.8 Å². The number of hydrogen-bond donors (Lipinski definition) is 2. The van der Waals surface area contributed by atoms with Crippen LogP contribution in [0.5, 0.6) is 5.75 Å². The van der Waals surface area contributed by atoms with E-state index in [1.165, 1.54) is 0 Å². The molecule has 8 nitrogen and oxygen atoms in total. The van der Waals surface area contributed by atoms with Crippen molar-refractivity contribution in [1.29, 1.82) is 0 Å². The number of fused-ring (bicyclic) bond motifs is 1. The first-order valence-corrected chi connectivity index (χ1v) is 12.9. The van der Waals surface area contributed by atoms with E-state index in [4.69, 9.17) is 14.6 Å². The van der Waals surface area contributed by atoms with Crippen molar-refractivity contribution < 1.29 is 29.0 Å². The molecular formula is C25H34N2O6S. The second-order valence-corrected chi connectivity index (χ2v) is 11.4. The minimum Gasteiger partial charge on any atom is -0.497 e. The van der Waals surface area contributed by atoms with Crippen LogP contribution in [0.4, 0.5) is 5.69 Å². The van der Waals surface area contributed by atoms with Crippen molar-refractivity contribution >= 4 is 35.2 Å². The second-order valence-electron chi connectivity index (χ2n) is 9.51. The minimum absolute atomic E-state index is 0.0982. The molecule has 3 aliphatic heterocycles. The summed E-state index contributed by atoms with van der Waals surface area (Å²) in [7, 11) is 1.58. The molecule has 2 bridgehead atoms. The predicted molar refractivity (Wildman–Crippen MR) is 130 cm³/mol. The van der Waals surface area contributed by atoms with Gasteiger partial charge in [0.25, 0.3) is 0 Å². The zero-order chi connectivity index (χ0) is 24.5. The lowest BCUT2D eigenvalue weighted by Gasteiger charge is -2.34. The van der Waals surface area contributed by atoms with Crippen LogP contribution in [0, 0.1) is 11.8 Å². The van der Waals surface area contributed by atoms with Gasteiger partial charge in [0.1, 0.15) is 11.8 Å². The molecule has 3 heterocycles. The third-order valence-corrected chi connectivity index (χ3v) is 9.47. The maximum absolute atomic E-state index is 13.8. The van der Waals surface area contributed by atoms with Gasteiger partial charge in [0.15, 0.2) is 0 Å². The number of carbonyl (C=O) groups excluding carboxylic acids is 3. The van der Waals surface area contributed by atoms with Gasteiger partial charge in [-0.25, -0.2) is 0 Å². The Kier molecular flexibility index (Phi) is 7.14. The number of ether oxygens (including phenoxy) is 2. The largest absolute Gasteiger partial charge is 0.497 e. The number of rotatable bonds is 10. The Hall–Kier alpha value is -2.26. The summed E-state index contributed by atoms with van der Waals surface area (Å²) in [6.45, 7) is 4.58. The number of benzene rings is 1. The molecule has 4 rings (SSSR count). The van der Waals surface area contributed by atoms with Crippen molar-refractivity contribution in [2.45, 2.75) is 61.5 Å². The van der Waals surface area contributed by atoms with Crippen LogP contribution in [-0.2, 0) is 19.1 Å². The van der Waals surface area contributed by atoms with Crippen LogP contribution >= 0.6 is 11.8 Å². The zero-order valence-corrected chi connectivity index (χ0v) is 20.9. The number of anilines is 1. The number of nitrogens with zero attached hydrogens (tertiary/aromatic N) is 1. The van der Waals surface area contributed by atoms with Crippen LogP contribution in [0.15, 0.2) is 24.3 Å². The van der Waals surface area contributed by atoms with Crippen LogP contribution in [0.3, 0.4) is 0 Å². The minimum atomic E-state index is -0.674. The van der Waals surface area contributed by atoms with E-state index in [1.807, 2.05) is 6.92 Å². The number of nitrogens with one attached hydrogen (secondary N) is 1. The first-order chi connectivity index (χ1) is 16.3. The fourth-order valence-corrected chi connectivity index (χ4v) is 8.36. The lowest BCUT2D eigenvalue weighted by atomic mass is 9.66. The Morgan fingerprint density at radius 2 is 1.94 bits per heavy atom. The van der Waals surface area contributed by atoms with E-state index in [0.717, 1.165) is 12.8 Å². The summed E-state index contributed by atoms with van der Waals surface area (Å²) in [4.78, 5) is 42.2. The lowest BCUT2D eigenvalue weighted by molar-refractivity contribution is -0.155. The molecule has 2 N–H and O–H groups in total. The van der Waals surface area contributed by atoms with E-state index in [2.05, 4.69) is 5.32 Å². The molecule has 1 aromatic rings. The number of methoxy groups -OCH3 is 1. The molecule has 0 aromatic heterocycles. The standard InChI is InChI=1S/C25H34N2O6S/c1-4-33-23(31)19-18-22(30)27(14-6-5-7-15-28)20(25(18)13-12-24(19,2)34-25)21(29)26-16-8-10-17(32-3)11-9-16/h8-11,18-20,28H,4-7,12-15H2,1-3H3,(H,26,29)/t18-,19+,20?,24-,25?/m0/s1. The third-order valence-electron chi connectivity index (χ3n) is 7.48. The SMILES string of the molecule is CCOC(=O)[C@H]1[C@H]2C(=O)N(CCCCCO)C(C(=O)Nc3ccc(OC)cc3)C23CC[C@]1(C)S3. The zero-order valence-electron chi connectivity index (χ0n) is 20.0. The van der Waals surface area contributed by atoms with Gasteiger partial charge >= 0.3 is 5.97 Å². The van der Waals surface area contributed by atoms with E-state index in [0.29, 0.717) is 37.2 Å². The molecule has 2 unspecified atom stereocenters. The Morgan fingerprint density at radius 1 is 1.21 bits per heavy atom. The van der Waals surface area contributed by atoms with Gasteiger partial charge in [-0.15, -0.1) is 11.8 Å². The third kappa shape index (κ3) is 4.06. The van der Waals surface area contributed by atoms with Gasteiger partial charge in [-0.3, -0.25) is 14.4 Å². The monoisotopic (exact) mass is 490 g/mol. The number of hydrogen-bond acceptors (Lipinski definition) is 7. The molecule has 3 fully saturated rings. The van der Waals surface area contributed by atoms with Crippen LogP contribution < -0.4 is 10.1 Å². The number of likely N-dealkylation sites (tertiary alicyclic amines) is 1. The second kappa shape index (κ2) is 9.77. The molecule has 0 aliphatic carbocycles. The van der Waals surface area contributed by atoms with Crippen molar-refractivity contribution in [3.05, 3.63) is 24.3 Å². The van der Waals surface area contributed by atoms with Crippen molar-refractivity contribution in [3.63, 3.8) is 0 Å². The molecule has 3 saturated heterocycles. The molecule has 5 atom stereocenters. The van der Waals surface area contributed by atoms with Crippen molar-refractivity contribution in [2.75, 3.05) is 32.2 Å². The van der Waals surface area contributed by atoms with E-state index < -0.39 is 27.4 Å². The average molecular weight is 491 g/mol. The van der Waals surface area contributed by atoms with Gasteiger partial charge in [-0.2, -0.15) is 0 Å². The van der Waals surface area contributed by atoms with Crippen LogP contribution in [-0.4, -0.2) is 70.2 Å². The van der Waals surface area contributed by atoms with Gasteiger partial charge in [-0.05, 0) is 70.2 Å². The number of aliphatic hydroxyl groups excluding tert-OH is 1. The van der Waals surface area contributed by atoms with Crippen molar-refractivity contribution in [3.8, 4) is 5.75 Å². The Morgan fingerprint density at radius 3 is 2.59 bits per heavy atom. The summed E-state index contributed by atoms with van der Waals surface area (Å²) in [6.07, 6.45) is 3.56. The van der Waals surface area contributed by atoms with Crippen LogP contribution in [0.2, 0.25) is 0 Å². The first kappa shape index (κ1) is 24.9. The fourth-order valence-electron chi connectivity index (χ4n) is 6.01. The average Bonchev–Trinajstić information content (AvgIpc) is 3.38. The summed E-state index contributed by atoms with van der Waals surface area (Å²) in [5.74, 6) is -1.14. The number of amides is 2. The maximum atomic E-state index is 13.8. The first-order valence-electron chi connectivity index (χ1n) is 12.0. The van der Waals surface area contributed by atoms with Crippen molar-refractivity contribution in [2.24, 2.45) is 11.8 Å². The molecule has 9 heteroatoms. The molecular weight excluding hydrogens is 456 g/mol. The Balaban J connectivity index is 1.65. The summed E-state index contributed by atoms with van der Waals surface area (Å²) >= 11 is 1.63. The molecule has 1 spiro atoms. The topological polar surface area (TPSA) is 105 Å². The molecule has 2 amide bonds. The highest BCUT2D eigenvalue weighted by molar-refractivity contribution is 8.02. The van der Waals surface area contributed by atoms with E-state index >= 15 is 0 Å². The summed E-state index contributed by atoms with van der Waals surface area (Å²) in [5, 5.41) is 12.1.